The molecule has 1 heteroatoms. The number of anilines is 2. The summed E-state index contributed by atoms with van der Waals surface area (Å²) in [6.45, 7) is 4.17. The minimum atomic E-state index is 1.11. The number of aryl methyl sites for hydroxylation is 1. The van der Waals surface area contributed by atoms with Gasteiger partial charge >= 0.3 is 0 Å². The van der Waals surface area contributed by atoms with Gasteiger partial charge in [0, 0.05) is 11.4 Å². The van der Waals surface area contributed by atoms with Gasteiger partial charge in [-0.15, -0.1) is 0 Å². The SMILES string of the molecule is C/C=C\c1cc(Nc2ccccc2)ccc1C. The van der Waals surface area contributed by atoms with Gasteiger partial charge in [0.25, 0.3) is 0 Å². The zero-order valence-corrected chi connectivity index (χ0v) is 10.3. The first-order valence-electron chi connectivity index (χ1n) is 5.85. The van der Waals surface area contributed by atoms with Crippen LogP contribution in [0.3, 0.4) is 0 Å². The van der Waals surface area contributed by atoms with Gasteiger partial charge in [-0.2, -0.15) is 0 Å². The first kappa shape index (κ1) is 11.5. The Balaban J connectivity index is 2.25. The minimum Gasteiger partial charge on any atom is -0.356 e. The Kier molecular flexibility index (Phi) is 3.61. The van der Waals surface area contributed by atoms with Crippen molar-refractivity contribution in [3.05, 3.63) is 65.7 Å². The fraction of sp³-hybridized carbons (Fsp3) is 0.125. The predicted octanol–water partition coefficient (Wildman–Crippen LogP) is 4.77. The van der Waals surface area contributed by atoms with Gasteiger partial charge in [0.1, 0.15) is 0 Å². The van der Waals surface area contributed by atoms with Crippen LogP contribution in [0.2, 0.25) is 0 Å². The molecule has 0 aromatic heterocycles. The molecule has 0 atom stereocenters. The van der Waals surface area contributed by atoms with E-state index >= 15 is 0 Å². The summed E-state index contributed by atoms with van der Waals surface area (Å²) in [6.07, 6.45) is 4.19. The largest absolute Gasteiger partial charge is 0.356 e. The van der Waals surface area contributed by atoms with Crippen LogP contribution in [-0.4, -0.2) is 0 Å². The molecule has 0 saturated carbocycles. The van der Waals surface area contributed by atoms with E-state index in [1.807, 2.05) is 25.1 Å². The summed E-state index contributed by atoms with van der Waals surface area (Å²) >= 11 is 0. The molecular formula is C16H17N. The van der Waals surface area contributed by atoms with Crippen LogP contribution in [0.5, 0.6) is 0 Å². The van der Waals surface area contributed by atoms with Crippen molar-refractivity contribution >= 4 is 17.5 Å². The number of allylic oxidation sites excluding steroid dienone is 1. The molecule has 2 rings (SSSR count). The van der Waals surface area contributed by atoms with E-state index < -0.39 is 0 Å². The van der Waals surface area contributed by atoms with E-state index in [0.717, 1.165) is 11.4 Å². The van der Waals surface area contributed by atoms with Gasteiger partial charge in [0.2, 0.25) is 0 Å². The monoisotopic (exact) mass is 223 g/mol. The third kappa shape index (κ3) is 2.97. The predicted molar refractivity (Wildman–Crippen MR) is 75.6 cm³/mol. The molecule has 0 aliphatic heterocycles. The van der Waals surface area contributed by atoms with Crippen molar-refractivity contribution in [3.8, 4) is 0 Å². The number of para-hydroxylation sites is 1. The highest BCUT2D eigenvalue weighted by molar-refractivity contribution is 5.65. The van der Waals surface area contributed by atoms with Crippen LogP contribution in [0.4, 0.5) is 11.4 Å². The van der Waals surface area contributed by atoms with E-state index in [9.17, 15) is 0 Å². The molecule has 0 heterocycles. The lowest BCUT2D eigenvalue weighted by Gasteiger charge is -2.08. The molecule has 2 aromatic carbocycles. The third-order valence-electron chi connectivity index (χ3n) is 2.69. The average molecular weight is 223 g/mol. The first-order chi connectivity index (χ1) is 8.29. The van der Waals surface area contributed by atoms with Gasteiger partial charge in [-0.1, -0.05) is 36.4 Å². The van der Waals surface area contributed by atoms with Crippen LogP contribution >= 0.6 is 0 Å². The van der Waals surface area contributed by atoms with E-state index in [2.05, 4.69) is 54.7 Å². The second-order valence-corrected chi connectivity index (χ2v) is 4.06. The van der Waals surface area contributed by atoms with Crippen LogP contribution in [0, 0.1) is 6.92 Å². The summed E-state index contributed by atoms with van der Waals surface area (Å²) in [5.41, 5.74) is 4.79. The Morgan fingerprint density at radius 1 is 0.941 bits per heavy atom. The molecule has 0 aliphatic rings. The molecule has 86 valence electrons. The van der Waals surface area contributed by atoms with Gasteiger partial charge in [-0.05, 0) is 49.2 Å². The molecule has 17 heavy (non-hydrogen) atoms. The van der Waals surface area contributed by atoms with Crippen molar-refractivity contribution in [1.29, 1.82) is 0 Å². The van der Waals surface area contributed by atoms with E-state index in [1.165, 1.54) is 11.1 Å². The zero-order chi connectivity index (χ0) is 12.1. The highest BCUT2D eigenvalue weighted by atomic mass is 14.9. The summed E-state index contributed by atoms with van der Waals surface area (Å²) in [5, 5.41) is 3.40. The number of benzene rings is 2. The summed E-state index contributed by atoms with van der Waals surface area (Å²) < 4.78 is 0. The quantitative estimate of drug-likeness (QED) is 0.790. The van der Waals surface area contributed by atoms with Crippen molar-refractivity contribution in [2.45, 2.75) is 13.8 Å². The smallest absolute Gasteiger partial charge is 0.0390 e. The van der Waals surface area contributed by atoms with Gasteiger partial charge < -0.3 is 5.32 Å². The summed E-state index contributed by atoms with van der Waals surface area (Å²) in [7, 11) is 0. The standard InChI is InChI=1S/C16H17N/c1-3-7-14-12-16(11-10-13(14)2)17-15-8-5-4-6-9-15/h3-12,17H,1-2H3/b7-3-. The fourth-order valence-corrected chi connectivity index (χ4v) is 1.77. The Morgan fingerprint density at radius 3 is 2.41 bits per heavy atom. The highest BCUT2D eigenvalue weighted by Gasteiger charge is 1.98. The van der Waals surface area contributed by atoms with Gasteiger partial charge in [-0.3, -0.25) is 0 Å². The molecule has 0 spiro atoms. The summed E-state index contributed by atoms with van der Waals surface area (Å²) in [6, 6.07) is 16.6. The van der Waals surface area contributed by atoms with Gasteiger partial charge in [0.15, 0.2) is 0 Å². The average Bonchev–Trinajstić information content (AvgIpc) is 2.35. The van der Waals surface area contributed by atoms with Crippen molar-refractivity contribution < 1.29 is 0 Å². The lowest BCUT2D eigenvalue weighted by atomic mass is 10.1. The van der Waals surface area contributed by atoms with Crippen LogP contribution in [-0.2, 0) is 0 Å². The maximum atomic E-state index is 3.40. The van der Waals surface area contributed by atoms with E-state index in [0.29, 0.717) is 0 Å². The lowest BCUT2D eigenvalue weighted by Crippen LogP contribution is -1.91. The molecule has 1 N–H and O–H groups in total. The van der Waals surface area contributed by atoms with Gasteiger partial charge in [0.05, 0.1) is 0 Å². The second kappa shape index (κ2) is 5.35. The Bertz CT molecular complexity index is 512. The summed E-state index contributed by atoms with van der Waals surface area (Å²) in [4.78, 5) is 0. The topological polar surface area (TPSA) is 12.0 Å². The first-order valence-corrected chi connectivity index (χ1v) is 5.85. The van der Waals surface area contributed by atoms with Crippen LogP contribution in [0.15, 0.2) is 54.6 Å². The van der Waals surface area contributed by atoms with Crippen molar-refractivity contribution in [3.63, 3.8) is 0 Å². The third-order valence-corrected chi connectivity index (χ3v) is 2.69. The molecule has 0 amide bonds. The van der Waals surface area contributed by atoms with Gasteiger partial charge in [-0.25, -0.2) is 0 Å². The number of hydrogen-bond donors (Lipinski definition) is 1. The molecule has 0 fully saturated rings. The molecule has 0 unspecified atom stereocenters. The van der Waals surface area contributed by atoms with E-state index in [1.54, 1.807) is 0 Å². The van der Waals surface area contributed by atoms with E-state index in [4.69, 9.17) is 0 Å². The Labute approximate surface area is 103 Å². The van der Waals surface area contributed by atoms with Crippen molar-refractivity contribution in [1.82, 2.24) is 0 Å². The lowest BCUT2D eigenvalue weighted by molar-refractivity contribution is 1.43. The normalized spacial score (nSPS) is 10.7. The van der Waals surface area contributed by atoms with Crippen LogP contribution in [0.25, 0.3) is 6.08 Å². The molecule has 1 nitrogen and oxygen atoms in total. The molecule has 0 aliphatic carbocycles. The number of rotatable bonds is 3. The maximum Gasteiger partial charge on any atom is 0.0390 e. The number of nitrogens with one attached hydrogen (secondary N) is 1. The second-order valence-electron chi connectivity index (χ2n) is 4.06. The van der Waals surface area contributed by atoms with Crippen molar-refractivity contribution in [2.24, 2.45) is 0 Å². The Hall–Kier alpha value is -2.02. The molecule has 2 aromatic rings. The zero-order valence-electron chi connectivity index (χ0n) is 10.3. The van der Waals surface area contributed by atoms with Crippen molar-refractivity contribution in [2.75, 3.05) is 5.32 Å². The molecular weight excluding hydrogens is 206 g/mol. The minimum absolute atomic E-state index is 1.11. The van der Waals surface area contributed by atoms with Crippen LogP contribution in [0.1, 0.15) is 18.1 Å². The van der Waals surface area contributed by atoms with E-state index in [-0.39, 0.29) is 0 Å². The molecule has 0 bridgehead atoms. The van der Waals surface area contributed by atoms with Crippen LogP contribution < -0.4 is 5.32 Å². The number of hydrogen-bond acceptors (Lipinski definition) is 1. The molecule has 0 radical (unpaired) electrons. The maximum absolute atomic E-state index is 3.40. The fourth-order valence-electron chi connectivity index (χ4n) is 1.77. The highest BCUT2D eigenvalue weighted by Crippen LogP contribution is 2.20. The molecule has 0 saturated heterocycles. The summed E-state index contributed by atoms with van der Waals surface area (Å²) in [5.74, 6) is 0. The Morgan fingerprint density at radius 2 is 1.71 bits per heavy atom.